The summed E-state index contributed by atoms with van der Waals surface area (Å²) in [6.07, 6.45) is 4.21. The first-order chi connectivity index (χ1) is 17.5. The number of amides is 1. The zero-order valence-corrected chi connectivity index (χ0v) is 20.9. The quantitative estimate of drug-likeness (QED) is 0.309. The van der Waals surface area contributed by atoms with Gasteiger partial charge in [0.1, 0.15) is 11.8 Å². The molecule has 1 fully saturated rings. The summed E-state index contributed by atoms with van der Waals surface area (Å²) in [5.74, 6) is 0.193. The summed E-state index contributed by atoms with van der Waals surface area (Å²) in [6, 6.07) is 22.6. The minimum absolute atomic E-state index is 0.0240. The Morgan fingerprint density at radius 3 is 2.56 bits per heavy atom. The molecule has 3 N–H and O–H groups in total. The van der Waals surface area contributed by atoms with Gasteiger partial charge in [-0.15, -0.1) is 0 Å². The van der Waals surface area contributed by atoms with Gasteiger partial charge in [-0.05, 0) is 91.4 Å². The Hall–Kier alpha value is -4.17. The van der Waals surface area contributed by atoms with Crippen molar-refractivity contribution in [2.24, 2.45) is 0 Å². The lowest BCUT2D eigenvalue weighted by atomic mass is 10.00. The molecule has 7 nitrogen and oxygen atoms in total. The Bertz CT molecular complexity index is 1400. The third kappa shape index (κ3) is 4.43. The molecule has 0 saturated carbocycles. The second-order valence-electron chi connectivity index (χ2n) is 8.72. The number of carbonyl (C=O) groups excluding carboxylic acids is 1. The van der Waals surface area contributed by atoms with Gasteiger partial charge in [0.15, 0.2) is 5.11 Å². The number of phenolic OH excluding ortho intramolecular Hbond substituents is 1. The number of hydrogen-bond donors (Lipinski definition) is 3. The largest absolute Gasteiger partial charge is 0.508 e. The number of nitrogens with zero attached hydrogens (tertiary/aromatic N) is 3. The first-order valence-electron chi connectivity index (χ1n) is 11.8. The average Bonchev–Trinajstić information content (AvgIpc) is 3.50. The molecule has 36 heavy (non-hydrogen) atoms. The van der Waals surface area contributed by atoms with Gasteiger partial charge in [-0.25, -0.2) is 0 Å². The molecule has 2 aromatic heterocycles. The predicted octanol–water partition coefficient (Wildman–Crippen LogP) is 5.41. The van der Waals surface area contributed by atoms with Crippen LogP contribution in [0.2, 0.25) is 0 Å². The molecule has 1 saturated heterocycles. The minimum atomic E-state index is -0.202. The lowest BCUT2D eigenvalue weighted by Crippen LogP contribution is -2.30. The molecule has 3 heterocycles. The number of hydrogen-bond acceptors (Lipinski definition) is 4. The number of nitrogens with one attached hydrogen (secondary N) is 2. The van der Waals surface area contributed by atoms with Gasteiger partial charge >= 0.3 is 0 Å². The van der Waals surface area contributed by atoms with Crippen LogP contribution in [0.25, 0.3) is 5.69 Å². The molecule has 1 amide bonds. The van der Waals surface area contributed by atoms with Crippen LogP contribution in [0, 0.1) is 6.92 Å². The lowest BCUT2D eigenvalue weighted by molar-refractivity contribution is -0.115. The molecule has 0 radical (unpaired) electrons. The van der Waals surface area contributed by atoms with E-state index in [1.807, 2.05) is 74.6 Å². The molecule has 1 aliphatic heterocycles. The van der Waals surface area contributed by atoms with Gasteiger partial charge in [0.2, 0.25) is 5.91 Å². The number of aromatic nitrogens is 2. The Morgan fingerprint density at radius 1 is 1.08 bits per heavy atom. The molecule has 0 spiro atoms. The van der Waals surface area contributed by atoms with E-state index < -0.39 is 0 Å². The van der Waals surface area contributed by atoms with Crippen molar-refractivity contribution in [1.29, 1.82) is 0 Å². The van der Waals surface area contributed by atoms with Crippen molar-refractivity contribution in [1.82, 2.24) is 14.9 Å². The second kappa shape index (κ2) is 9.83. The molecule has 5 rings (SSSR count). The summed E-state index contributed by atoms with van der Waals surface area (Å²) in [4.78, 5) is 18.7. The summed E-state index contributed by atoms with van der Waals surface area (Å²) >= 11 is 5.87. The normalized spacial score (nSPS) is 17.2. The smallest absolute Gasteiger partial charge is 0.224 e. The highest BCUT2D eigenvalue weighted by molar-refractivity contribution is 7.80. The van der Waals surface area contributed by atoms with Crippen molar-refractivity contribution in [3.63, 3.8) is 0 Å². The van der Waals surface area contributed by atoms with Crippen LogP contribution in [0.4, 0.5) is 11.4 Å². The number of aryl methyl sites for hydroxylation is 1. The van der Waals surface area contributed by atoms with E-state index in [0.29, 0.717) is 11.5 Å². The van der Waals surface area contributed by atoms with Crippen LogP contribution in [0.3, 0.4) is 0 Å². The molecule has 0 aliphatic carbocycles. The van der Waals surface area contributed by atoms with Gasteiger partial charge in [0, 0.05) is 41.6 Å². The molecular weight excluding hydrogens is 470 g/mol. The van der Waals surface area contributed by atoms with Gasteiger partial charge < -0.3 is 25.2 Å². The molecule has 182 valence electrons. The predicted molar refractivity (Wildman–Crippen MR) is 145 cm³/mol. The van der Waals surface area contributed by atoms with Crippen molar-refractivity contribution in [2.75, 3.05) is 10.2 Å². The fraction of sp³-hybridized carbons (Fsp3) is 0.179. The maximum absolute atomic E-state index is 11.9. The van der Waals surface area contributed by atoms with Gasteiger partial charge in [0.05, 0.1) is 11.7 Å². The van der Waals surface area contributed by atoms with E-state index in [0.717, 1.165) is 34.0 Å². The number of benzene rings is 2. The number of pyridine rings is 1. The molecule has 4 aromatic rings. The number of aromatic hydroxyl groups is 1. The first kappa shape index (κ1) is 23.6. The highest BCUT2D eigenvalue weighted by atomic mass is 32.1. The molecule has 2 atom stereocenters. The molecule has 8 heteroatoms. The fourth-order valence-corrected chi connectivity index (χ4v) is 4.94. The van der Waals surface area contributed by atoms with Gasteiger partial charge in [-0.2, -0.15) is 0 Å². The SMILES string of the molecule is CCC(=O)Nc1ccc(N2C(=S)N[C@@H](c3ccccn3)[C@H]2c2cccn2-c2ccc(O)cc2)cc1C. The van der Waals surface area contributed by atoms with Crippen molar-refractivity contribution in [2.45, 2.75) is 32.4 Å². The minimum Gasteiger partial charge on any atom is -0.508 e. The maximum atomic E-state index is 11.9. The van der Waals surface area contributed by atoms with Crippen LogP contribution in [0.5, 0.6) is 5.75 Å². The Labute approximate surface area is 215 Å². The summed E-state index contributed by atoms with van der Waals surface area (Å²) in [5.41, 5.74) is 5.49. The average molecular weight is 498 g/mol. The van der Waals surface area contributed by atoms with E-state index in [-0.39, 0.29) is 23.7 Å². The van der Waals surface area contributed by atoms with Crippen LogP contribution in [0.1, 0.15) is 42.4 Å². The highest BCUT2D eigenvalue weighted by Gasteiger charge is 2.42. The van der Waals surface area contributed by atoms with Gasteiger partial charge in [0.25, 0.3) is 0 Å². The number of rotatable bonds is 6. The Balaban J connectivity index is 1.61. The van der Waals surface area contributed by atoms with Gasteiger partial charge in [-0.3, -0.25) is 9.78 Å². The first-order valence-corrected chi connectivity index (χ1v) is 12.2. The standard InChI is InChI=1S/C28H27N5O2S/c1-3-25(35)30-22-14-11-20(17-18(22)2)33-27(26(31-28(33)36)23-7-4-5-15-29-23)24-8-6-16-32(24)19-9-12-21(34)13-10-19/h4-17,26-27,34H,3H2,1-2H3,(H,30,35)(H,31,36)/t26-,27+/m0/s1. The summed E-state index contributed by atoms with van der Waals surface area (Å²) in [6.45, 7) is 3.81. The molecule has 0 bridgehead atoms. The summed E-state index contributed by atoms with van der Waals surface area (Å²) in [7, 11) is 0. The van der Waals surface area contributed by atoms with Crippen molar-refractivity contribution < 1.29 is 9.90 Å². The zero-order chi connectivity index (χ0) is 25.2. The Morgan fingerprint density at radius 2 is 1.86 bits per heavy atom. The molecule has 2 aromatic carbocycles. The van der Waals surface area contributed by atoms with Crippen molar-refractivity contribution in [3.05, 3.63) is 102 Å². The van der Waals surface area contributed by atoms with E-state index in [9.17, 15) is 9.90 Å². The van der Waals surface area contributed by atoms with Crippen molar-refractivity contribution >= 4 is 34.6 Å². The number of carbonyl (C=O) groups is 1. The van der Waals surface area contributed by atoms with Crippen LogP contribution < -0.4 is 15.5 Å². The molecule has 1 aliphatic rings. The summed E-state index contributed by atoms with van der Waals surface area (Å²) < 4.78 is 2.10. The number of phenols is 1. The second-order valence-corrected chi connectivity index (χ2v) is 9.10. The van der Waals surface area contributed by atoms with E-state index in [4.69, 9.17) is 12.2 Å². The van der Waals surface area contributed by atoms with Crippen molar-refractivity contribution in [3.8, 4) is 11.4 Å². The number of thiocarbonyl (C=S) groups is 1. The van der Waals surface area contributed by atoms with Crippen LogP contribution in [-0.2, 0) is 4.79 Å². The summed E-state index contributed by atoms with van der Waals surface area (Å²) in [5, 5.41) is 16.8. The molecular formula is C28H27N5O2S. The maximum Gasteiger partial charge on any atom is 0.224 e. The third-order valence-electron chi connectivity index (χ3n) is 6.39. The topological polar surface area (TPSA) is 82.4 Å². The monoisotopic (exact) mass is 497 g/mol. The van der Waals surface area contributed by atoms with E-state index in [1.165, 1.54) is 0 Å². The van der Waals surface area contributed by atoms with Crippen LogP contribution in [-0.4, -0.2) is 25.7 Å². The Kier molecular flexibility index (Phi) is 6.43. The zero-order valence-electron chi connectivity index (χ0n) is 20.1. The van der Waals surface area contributed by atoms with Crippen LogP contribution in [0.15, 0.2) is 85.2 Å². The van der Waals surface area contributed by atoms with E-state index >= 15 is 0 Å². The lowest BCUT2D eigenvalue weighted by Gasteiger charge is -2.29. The number of anilines is 2. The third-order valence-corrected chi connectivity index (χ3v) is 6.71. The van der Waals surface area contributed by atoms with E-state index in [1.54, 1.807) is 18.3 Å². The van der Waals surface area contributed by atoms with Crippen LogP contribution >= 0.6 is 12.2 Å². The van der Waals surface area contributed by atoms with Gasteiger partial charge in [-0.1, -0.05) is 13.0 Å². The van der Waals surface area contributed by atoms with E-state index in [2.05, 4.69) is 31.2 Å². The highest BCUT2D eigenvalue weighted by Crippen LogP contribution is 2.43. The molecule has 0 unspecified atom stereocenters. The fourth-order valence-electron chi connectivity index (χ4n) is 4.59.